The van der Waals surface area contributed by atoms with E-state index < -0.39 is 0 Å². The largest absolute Gasteiger partial charge is 0.352 e. The van der Waals surface area contributed by atoms with Crippen LogP contribution in [0.5, 0.6) is 0 Å². The van der Waals surface area contributed by atoms with E-state index in [1.807, 2.05) is 13.8 Å². The summed E-state index contributed by atoms with van der Waals surface area (Å²) in [4.78, 5) is 10.5. The van der Waals surface area contributed by atoms with E-state index in [0.717, 1.165) is 5.56 Å². The van der Waals surface area contributed by atoms with Gasteiger partial charge in [-0.2, -0.15) is 0 Å². The zero-order valence-electron chi connectivity index (χ0n) is 8.80. The topological polar surface area (TPSA) is 29.1 Å². The number of carbonyl (C=O) groups is 1. The van der Waals surface area contributed by atoms with Crippen molar-refractivity contribution >= 4 is 5.91 Å². The van der Waals surface area contributed by atoms with E-state index in [-0.39, 0.29) is 11.7 Å². The minimum atomic E-state index is -0.262. The molecule has 0 aliphatic rings. The van der Waals surface area contributed by atoms with E-state index in [9.17, 15) is 9.18 Å². The van der Waals surface area contributed by atoms with E-state index in [2.05, 4.69) is 5.32 Å². The van der Waals surface area contributed by atoms with Gasteiger partial charge in [0, 0.05) is 13.5 Å². The highest BCUT2D eigenvalue weighted by molar-refractivity contribution is 5.72. The summed E-state index contributed by atoms with van der Waals surface area (Å²) in [5.74, 6) is -0.346. The number of rotatable bonds is 2. The molecule has 0 spiro atoms. The molecule has 1 rings (SSSR count). The lowest BCUT2D eigenvalue weighted by molar-refractivity contribution is -0.119. The van der Waals surface area contributed by atoms with E-state index in [0.29, 0.717) is 6.54 Å². The summed E-state index contributed by atoms with van der Waals surface area (Å²) >= 11 is 0. The second kappa shape index (κ2) is 7.06. The molecule has 0 aliphatic carbocycles. The molecule has 0 radical (unpaired) electrons. The molecule has 78 valence electrons. The Morgan fingerprint density at radius 2 is 1.79 bits per heavy atom. The molecule has 0 heterocycles. The van der Waals surface area contributed by atoms with Crippen molar-refractivity contribution < 1.29 is 9.18 Å². The maximum atomic E-state index is 12.4. The van der Waals surface area contributed by atoms with Gasteiger partial charge in [0.1, 0.15) is 5.82 Å². The zero-order chi connectivity index (χ0) is 11.0. The fourth-order valence-electron chi connectivity index (χ4n) is 0.829. The summed E-state index contributed by atoms with van der Waals surface area (Å²) in [6.07, 6.45) is 0. The molecule has 2 nitrogen and oxygen atoms in total. The Hall–Kier alpha value is -1.38. The van der Waals surface area contributed by atoms with Gasteiger partial charge in [0.05, 0.1) is 0 Å². The lowest BCUT2D eigenvalue weighted by Crippen LogP contribution is -2.18. The van der Waals surface area contributed by atoms with Gasteiger partial charge in [0.2, 0.25) is 5.91 Å². The first-order valence-electron chi connectivity index (χ1n) is 4.67. The molecule has 14 heavy (non-hydrogen) atoms. The Bertz CT molecular complexity index is 269. The standard InChI is InChI=1S/C9H10FNO.C2H6/c1-7(12)11-6-8-2-4-9(10)5-3-8;1-2/h2-5H,6H2,1H3,(H,11,12);1-2H3. The monoisotopic (exact) mass is 197 g/mol. The van der Waals surface area contributed by atoms with Gasteiger partial charge < -0.3 is 5.32 Å². The molecule has 1 amide bonds. The van der Waals surface area contributed by atoms with Crippen LogP contribution in [0.2, 0.25) is 0 Å². The Morgan fingerprint density at radius 1 is 1.29 bits per heavy atom. The van der Waals surface area contributed by atoms with Gasteiger partial charge in [-0.25, -0.2) is 4.39 Å². The zero-order valence-corrected chi connectivity index (χ0v) is 8.80. The summed E-state index contributed by atoms with van der Waals surface area (Å²) in [7, 11) is 0. The molecule has 3 heteroatoms. The predicted octanol–water partition coefficient (Wildman–Crippen LogP) is 2.49. The number of halogens is 1. The average molecular weight is 197 g/mol. The van der Waals surface area contributed by atoms with Crippen LogP contribution in [0.1, 0.15) is 26.3 Å². The van der Waals surface area contributed by atoms with Gasteiger partial charge in [0.15, 0.2) is 0 Å². The number of benzene rings is 1. The third-order valence-corrected chi connectivity index (χ3v) is 1.45. The van der Waals surface area contributed by atoms with Gasteiger partial charge in [-0.3, -0.25) is 4.79 Å². The predicted molar refractivity (Wildman–Crippen MR) is 55.3 cm³/mol. The Morgan fingerprint density at radius 3 is 2.21 bits per heavy atom. The van der Waals surface area contributed by atoms with Crippen LogP contribution in [0.15, 0.2) is 24.3 Å². The van der Waals surface area contributed by atoms with Crippen LogP contribution in [0.4, 0.5) is 4.39 Å². The number of carbonyl (C=O) groups excluding carboxylic acids is 1. The van der Waals surface area contributed by atoms with Crippen molar-refractivity contribution in [3.8, 4) is 0 Å². The smallest absolute Gasteiger partial charge is 0.217 e. The Balaban J connectivity index is 0.000000791. The molecule has 0 saturated heterocycles. The lowest BCUT2D eigenvalue weighted by atomic mass is 10.2. The summed E-state index contributed by atoms with van der Waals surface area (Å²) < 4.78 is 12.4. The lowest BCUT2D eigenvalue weighted by Gasteiger charge is -2.00. The van der Waals surface area contributed by atoms with E-state index in [4.69, 9.17) is 0 Å². The fourth-order valence-corrected chi connectivity index (χ4v) is 0.829. The van der Waals surface area contributed by atoms with Crippen LogP contribution < -0.4 is 5.32 Å². The highest BCUT2D eigenvalue weighted by Gasteiger charge is 1.94. The molecule has 1 aromatic rings. The summed E-state index contributed by atoms with van der Waals surface area (Å²) in [6.45, 7) is 5.90. The second-order valence-corrected chi connectivity index (χ2v) is 2.54. The third-order valence-electron chi connectivity index (χ3n) is 1.45. The molecular weight excluding hydrogens is 181 g/mol. The molecule has 1 aromatic carbocycles. The van der Waals surface area contributed by atoms with Crippen molar-refractivity contribution in [3.63, 3.8) is 0 Å². The van der Waals surface area contributed by atoms with Gasteiger partial charge in [-0.05, 0) is 17.7 Å². The molecule has 0 atom stereocenters. The van der Waals surface area contributed by atoms with Crippen molar-refractivity contribution in [2.75, 3.05) is 0 Å². The Kier molecular flexibility index (Phi) is 6.37. The first-order chi connectivity index (χ1) is 6.68. The van der Waals surface area contributed by atoms with E-state index in [1.54, 1.807) is 12.1 Å². The van der Waals surface area contributed by atoms with Crippen LogP contribution in [0.25, 0.3) is 0 Å². The highest BCUT2D eigenvalue weighted by atomic mass is 19.1. The van der Waals surface area contributed by atoms with Crippen LogP contribution in [0, 0.1) is 5.82 Å². The number of nitrogens with one attached hydrogen (secondary N) is 1. The molecule has 0 bridgehead atoms. The molecule has 1 N–H and O–H groups in total. The third kappa shape index (κ3) is 5.30. The minimum absolute atomic E-state index is 0.0840. The van der Waals surface area contributed by atoms with Gasteiger partial charge in [-0.1, -0.05) is 26.0 Å². The highest BCUT2D eigenvalue weighted by Crippen LogP contribution is 2.01. The summed E-state index contributed by atoms with van der Waals surface area (Å²) in [5.41, 5.74) is 0.895. The van der Waals surface area contributed by atoms with Gasteiger partial charge in [0.25, 0.3) is 0 Å². The SMILES string of the molecule is CC.CC(=O)NCc1ccc(F)cc1. The first-order valence-corrected chi connectivity index (χ1v) is 4.67. The molecule has 0 aliphatic heterocycles. The maximum Gasteiger partial charge on any atom is 0.217 e. The van der Waals surface area contributed by atoms with E-state index >= 15 is 0 Å². The molecule has 0 saturated carbocycles. The van der Waals surface area contributed by atoms with Crippen molar-refractivity contribution in [2.45, 2.75) is 27.3 Å². The Labute approximate surface area is 84.1 Å². The first kappa shape index (κ1) is 12.6. The second-order valence-electron chi connectivity index (χ2n) is 2.54. The minimum Gasteiger partial charge on any atom is -0.352 e. The van der Waals surface area contributed by atoms with Crippen molar-refractivity contribution in [2.24, 2.45) is 0 Å². The fraction of sp³-hybridized carbons (Fsp3) is 0.364. The number of amides is 1. The quantitative estimate of drug-likeness (QED) is 0.775. The van der Waals surface area contributed by atoms with Gasteiger partial charge in [-0.15, -0.1) is 0 Å². The van der Waals surface area contributed by atoms with E-state index in [1.165, 1.54) is 19.1 Å². The van der Waals surface area contributed by atoms with Gasteiger partial charge >= 0.3 is 0 Å². The van der Waals surface area contributed by atoms with Crippen LogP contribution in [-0.2, 0) is 11.3 Å². The average Bonchev–Trinajstić information content (AvgIpc) is 2.20. The van der Waals surface area contributed by atoms with Crippen molar-refractivity contribution in [1.82, 2.24) is 5.32 Å². The summed E-state index contributed by atoms with van der Waals surface area (Å²) in [5, 5.41) is 2.62. The van der Waals surface area contributed by atoms with Crippen LogP contribution in [-0.4, -0.2) is 5.91 Å². The van der Waals surface area contributed by atoms with Crippen LogP contribution in [0.3, 0.4) is 0 Å². The number of hydrogen-bond donors (Lipinski definition) is 1. The molecule has 0 fully saturated rings. The number of hydrogen-bond acceptors (Lipinski definition) is 1. The molecule has 0 aromatic heterocycles. The van der Waals surface area contributed by atoms with Crippen molar-refractivity contribution in [3.05, 3.63) is 35.6 Å². The molecule has 0 unspecified atom stereocenters. The molecular formula is C11H16FNO. The maximum absolute atomic E-state index is 12.4. The van der Waals surface area contributed by atoms with Crippen LogP contribution >= 0.6 is 0 Å². The van der Waals surface area contributed by atoms with Crippen molar-refractivity contribution in [1.29, 1.82) is 0 Å². The normalized spacial score (nSPS) is 8.57. The summed E-state index contributed by atoms with van der Waals surface area (Å²) in [6, 6.07) is 6.03.